The lowest BCUT2D eigenvalue weighted by atomic mass is 10.0. The highest BCUT2D eigenvalue weighted by molar-refractivity contribution is 6.01. The normalized spacial score (nSPS) is 21.6. The Morgan fingerprint density at radius 1 is 1.59 bits per heavy atom. The van der Waals surface area contributed by atoms with E-state index in [0.29, 0.717) is 17.4 Å². The van der Waals surface area contributed by atoms with E-state index in [2.05, 4.69) is 27.2 Å². The summed E-state index contributed by atoms with van der Waals surface area (Å²) in [7, 11) is 0. The molecule has 2 heterocycles. The molecule has 1 aliphatic heterocycles. The van der Waals surface area contributed by atoms with Crippen LogP contribution in [-0.2, 0) is 0 Å². The molecule has 1 saturated heterocycles. The summed E-state index contributed by atoms with van der Waals surface area (Å²) < 4.78 is 0. The lowest BCUT2D eigenvalue weighted by molar-refractivity contribution is 0.318. The monoisotopic (exact) mass is 235 g/mol. The Hall–Kier alpha value is -1.85. The summed E-state index contributed by atoms with van der Waals surface area (Å²) >= 11 is 0. The summed E-state index contributed by atoms with van der Waals surface area (Å²) in [6.07, 6.45) is 5.05. The third kappa shape index (κ3) is 2.30. The van der Waals surface area contributed by atoms with Crippen molar-refractivity contribution in [2.75, 3.05) is 11.4 Å². The van der Waals surface area contributed by atoms with Gasteiger partial charge >= 0.3 is 0 Å². The number of oxime groups is 1. The van der Waals surface area contributed by atoms with Gasteiger partial charge in [0, 0.05) is 12.6 Å². The summed E-state index contributed by atoms with van der Waals surface area (Å²) in [5.74, 6) is 0.780. The van der Waals surface area contributed by atoms with Crippen molar-refractivity contribution in [1.29, 1.82) is 0 Å². The second-order valence-corrected chi connectivity index (χ2v) is 4.29. The SMILES string of the molecule is CC1CCCCN1c1nnccc1/C(N)=N/O. The van der Waals surface area contributed by atoms with Crippen LogP contribution in [0.15, 0.2) is 17.4 Å². The maximum absolute atomic E-state index is 8.77. The number of rotatable bonds is 2. The summed E-state index contributed by atoms with van der Waals surface area (Å²) in [5, 5.41) is 19.8. The largest absolute Gasteiger partial charge is 0.409 e. The predicted molar refractivity (Wildman–Crippen MR) is 65.2 cm³/mol. The van der Waals surface area contributed by atoms with Gasteiger partial charge < -0.3 is 15.8 Å². The lowest BCUT2D eigenvalue weighted by Gasteiger charge is -2.34. The van der Waals surface area contributed by atoms with Gasteiger partial charge in [0.05, 0.1) is 11.8 Å². The van der Waals surface area contributed by atoms with Crippen molar-refractivity contribution in [1.82, 2.24) is 10.2 Å². The fraction of sp³-hybridized carbons (Fsp3) is 0.545. The van der Waals surface area contributed by atoms with E-state index in [9.17, 15) is 0 Å². The molecule has 1 unspecified atom stereocenters. The molecule has 0 spiro atoms. The average molecular weight is 235 g/mol. The van der Waals surface area contributed by atoms with Crippen LogP contribution in [0.3, 0.4) is 0 Å². The van der Waals surface area contributed by atoms with Gasteiger partial charge in [0.15, 0.2) is 11.7 Å². The predicted octanol–water partition coefficient (Wildman–Crippen LogP) is 0.950. The maximum atomic E-state index is 8.77. The second-order valence-electron chi connectivity index (χ2n) is 4.29. The van der Waals surface area contributed by atoms with Gasteiger partial charge in [0.2, 0.25) is 0 Å². The molecule has 17 heavy (non-hydrogen) atoms. The van der Waals surface area contributed by atoms with Crippen LogP contribution in [0.25, 0.3) is 0 Å². The number of anilines is 1. The molecule has 1 aliphatic rings. The topological polar surface area (TPSA) is 87.6 Å². The van der Waals surface area contributed by atoms with Gasteiger partial charge in [-0.25, -0.2) is 0 Å². The quantitative estimate of drug-likeness (QED) is 0.345. The van der Waals surface area contributed by atoms with Gasteiger partial charge in [-0.3, -0.25) is 0 Å². The first-order valence-corrected chi connectivity index (χ1v) is 5.80. The number of aromatic nitrogens is 2. The summed E-state index contributed by atoms with van der Waals surface area (Å²) in [5.41, 5.74) is 6.29. The highest BCUT2D eigenvalue weighted by Gasteiger charge is 2.23. The lowest BCUT2D eigenvalue weighted by Crippen LogP contribution is -2.39. The maximum Gasteiger partial charge on any atom is 0.173 e. The van der Waals surface area contributed by atoms with E-state index >= 15 is 0 Å². The Morgan fingerprint density at radius 3 is 3.12 bits per heavy atom. The smallest absolute Gasteiger partial charge is 0.173 e. The standard InChI is InChI=1S/C11H17N5O/c1-8-4-2-3-7-16(8)11-9(10(12)15-17)5-6-13-14-11/h5-6,8,17H,2-4,7H2,1H3,(H2,12,15). The Morgan fingerprint density at radius 2 is 2.41 bits per heavy atom. The minimum absolute atomic E-state index is 0.0765. The zero-order chi connectivity index (χ0) is 12.3. The zero-order valence-electron chi connectivity index (χ0n) is 9.87. The zero-order valence-corrected chi connectivity index (χ0v) is 9.87. The second kappa shape index (κ2) is 4.99. The van der Waals surface area contributed by atoms with Crippen molar-refractivity contribution in [2.45, 2.75) is 32.2 Å². The van der Waals surface area contributed by atoms with Gasteiger partial charge in [-0.1, -0.05) is 5.16 Å². The van der Waals surface area contributed by atoms with Crippen molar-refractivity contribution in [2.24, 2.45) is 10.9 Å². The van der Waals surface area contributed by atoms with Gasteiger partial charge in [0.1, 0.15) is 0 Å². The fourth-order valence-corrected chi connectivity index (χ4v) is 2.20. The molecule has 3 N–H and O–H groups in total. The molecule has 0 saturated carbocycles. The van der Waals surface area contributed by atoms with E-state index in [-0.39, 0.29) is 5.84 Å². The highest BCUT2D eigenvalue weighted by Crippen LogP contribution is 2.25. The molecule has 0 aliphatic carbocycles. The first kappa shape index (κ1) is 11.6. The molecular formula is C11H17N5O. The molecule has 1 aromatic heterocycles. The number of hydrogen-bond donors (Lipinski definition) is 2. The Balaban J connectivity index is 2.37. The van der Waals surface area contributed by atoms with Crippen molar-refractivity contribution in [3.05, 3.63) is 17.8 Å². The molecule has 2 rings (SSSR count). The van der Waals surface area contributed by atoms with E-state index in [4.69, 9.17) is 10.9 Å². The molecule has 0 radical (unpaired) electrons. The van der Waals surface area contributed by atoms with Crippen LogP contribution in [0.2, 0.25) is 0 Å². The molecule has 92 valence electrons. The van der Waals surface area contributed by atoms with E-state index < -0.39 is 0 Å². The highest BCUT2D eigenvalue weighted by atomic mass is 16.4. The van der Waals surface area contributed by atoms with Crippen LogP contribution >= 0.6 is 0 Å². The summed E-state index contributed by atoms with van der Waals surface area (Å²) in [6, 6.07) is 2.13. The third-order valence-corrected chi connectivity index (χ3v) is 3.16. The Bertz CT molecular complexity index is 420. The summed E-state index contributed by atoms with van der Waals surface area (Å²) in [6.45, 7) is 3.09. The summed E-state index contributed by atoms with van der Waals surface area (Å²) in [4.78, 5) is 2.17. The van der Waals surface area contributed by atoms with Crippen molar-refractivity contribution >= 4 is 11.7 Å². The van der Waals surface area contributed by atoms with Gasteiger partial charge in [0.25, 0.3) is 0 Å². The van der Waals surface area contributed by atoms with Crippen LogP contribution < -0.4 is 10.6 Å². The average Bonchev–Trinajstić information content (AvgIpc) is 2.38. The number of nitrogens with zero attached hydrogens (tertiary/aromatic N) is 4. The third-order valence-electron chi connectivity index (χ3n) is 3.16. The minimum Gasteiger partial charge on any atom is -0.409 e. The number of nitrogens with two attached hydrogens (primary N) is 1. The van der Waals surface area contributed by atoms with Gasteiger partial charge in [-0.15, -0.1) is 5.10 Å². The van der Waals surface area contributed by atoms with Crippen molar-refractivity contribution in [3.63, 3.8) is 0 Å². The molecule has 1 atom stereocenters. The first-order valence-electron chi connectivity index (χ1n) is 5.80. The van der Waals surface area contributed by atoms with Crippen LogP contribution in [0, 0.1) is 0 Å². The van der Waals surface area contributed by atoms with E-state index in [1.165, 1.54) is 6.42 Å². The number of amidine groups is 1. The van der Waals surface area contributed by atoms with E-state index in [1.807, 2.05) is 0 Å². The van der Waals surface area contributed by atoms with Crippen molar-refractivity contribution < 1.29 is 5.21 Å². The van der Waals surface area contributed by atoms with Gasteiger partial charge in [-0.05, 0) is 32.3 Å². The van der Waals surface area contributed by atoms with Crippen LogP contribution in [0.4, 0.5) is 5.82 Å². The van der Waals surface area contributed by atoms with Crippen LogP contribution in [0.1, 0.15) is 31.7 Å². The Kier molecular flexibility index (Phi) is 3.41. The minimum atomic E-state index is 0.0765. The van der Waals surface area contributed by atoms with Crippen LogP contribution in [-0.4, -0.2) is 33.8 Å². The van der Waals surface area contributed by atoms with Crippen molar-refractivity contribution in [3.8, 4) is 0 Å². The first-order chi connectivity index (χ1) is 8.24. The molecule has 0 aromatic carbocycles. The molecule has 0 bridgehead atoms. The molecule has 1 aromatic rings. The molecule has 1 fully saturated rings. The molecule has 0 amide bonds. The molecular weight excluding hydrogens is 218 g/mol. The number of hydrogen-bond acceptors (Lipinski definition) is 5. The van der Waals surface area contributed by atoms with Crippen LogP contribution in [0.5, 0.6) is 0 Å². The van der Waals surface area contributed by atoms with E-state index in [0.717, 1.165) is 19.4 Å². The fourth-order valence-electron chi connectivity index (χ4n) is 2.20. The molecule has 6 heteroatoms. The molecule has 6 nitrogen and oxygen atoms in total. The Labute approximate surface area is 100 Å². The van der Waals surface area contributed by atoms with Gasteiger partial charge in [-0.2, -0.15) is 5.10 Å². The number of piperidine rings is 1. The van der Waals surface area contributed by atoms with E-state index in [1.54, 1.807) is 12.3 Å².